The van der Waals surface area contributed by atoms with Gasteiger partial charge in [0.25, 0.3) is 0 Å². The maximum Gasteiger partial charge on any atom is 0.196 e. The van der Waals surface area contributed by atoms with E-state index in [1.165, 1.54) is 5.56 Å². The van der Waals surface area contributed by atoms with Crippen LogP contribution in [-0.4, -0.2) is 14.8 Å². The maximum atomic E-state index is 6.21. The van der Waals surface area contributed by atoms with Crippen LogP contribution in [0, 0.1) is 0 Å². The molecule has 5 aromatic rings. The molecule has 0 N–H and O–H groups in total. The summed E-state index contributed by atoms with van der Waals surface area (Å²) in [4.78, 5) is 0. The third-order valence-electron chi connectivity index (χ3n) is 5.10. The van der Waals surface area contributed by atoms with Gasteiger partial charge in [-0.25, -0.2) is 0 Å². The predicted octanol–water partition coefficient (Wildman–Crippen LogP) is 6.95. The number of rotatable bonds is 7. The van der Waals surface area contributed by atoms with Crippen LogP contribution in [0.4, 0.5) is 0 Å². The zero-order valence-electron chi connectivity index (χ0n) is 17.2. The first kappa shape index (κ1) is 20.6. The molecule has 1 aromatic heterocycles. The Hall–Kier alpha value is -3.28. The molecule has 0 amide bonds. The molecule has 0 aliphatic rings. The molecule has 0 atom stereocenters. The molecule has 0 fully saturated rings. The van der Waals surface area contributed by atoms with Gasteiger partial charge in [-0.15, -0.1) is 10.2 Å². The van der Waals surface area contributed by atoms with Gasteiger partial charge in [0.2, 0.25) is 0 Å². The van der Waals surface area contributed by atoms with Crippen LogP contribution in [0.5, 0.6) is 5.75 Å². The Labute approximate surface area is 195 Å². The molecule has 5 rings (SSSR count). The van der Waals surface area contributed by atoms with E-state index in [4.69, 9.17) is 16.3 Å². The second-order valence-electron chi connectivity index (χ2n) is 7.25. The van der Waals surface area contributed by atoms with Crippen molar-refractivity contribution >= 4 is 34.1 Å². The minimum absolute atomic E-state index is 0.317. The lowest BCUT2D eigenvalue weighted by atomic mass is 10.1. The molecule has 0 unspecified atom stereocenters. The smallest absolute Gasteiger partial charge is 0.196 e. The fourth-order valence-electron chi connectivity index (χ4n) is 3.52. The van der Waals surface area contributed by atoms with Gasteiger partial charge in [-0.1, -0.05) is 90.1 Å². The lowest BCUT2D eigenvalue weighted by Gasteiger charge is -2.12. The molecule has 158 valence electrons. The van der Waals surface area contributed by atoms with Crippen LogP contribution >= 0.6 is 23.4 Å². The summed E-state index contributed by atoms with van der Waals surface area (Å²) in [5, 5.41) is 12.7. The van der Waals surface area contributed by atoms with E-state index in [1.54, 1.807) is 11.8 Å². The molecule has 0 bridgehead atoms. The highest BCUT2D eigenvalue weighted by Gasteiger charge is 2.16. The first-order valence-electron chi connectivity index (χ1n) is 10.3. The van der Waals surface area contributed by atoms with Crippen LogP contribution in [0.2, 0.25) is 5.02 Å². The molecule has 0 saturated carbocycles. The standard InChI is InChI=1S/C26H20ClN3OS/c27-21-15-13-19(14-16-21)18-32-26-29-28-25(30(26)22-9-2-1-3-10-22)17-31-24-12-6-8-20-7-4-5-11-23(20)24/h1-16H,17-18H2. The Morgan fingerprint density at radius 2 is 1.53 bits per heavy atom. The molecular weight excluding hydrogens is 438 g/mol. The Bertz CT molecular complexity index is 1330. The van der Waals surface area contributed by atoms with Gasteiger partial charge in [-0.05, 0) is 41.3 Å². The molecule has 0 radical (unpaired) electrons. The number of nitrogens with zero attached hydrogens (tertiary/aromatic N) is 3. The number of benzene rings is 4. The van der Waals surface area contributed by atoms with E-state index < -0.39 is 0 Å². The molecule has 0 saturated heterocycles. The first-order valence-corrected chi connectivity index (χ1v) is 11.6. The van der Waals surface area contributed by atoms with E-state index in [0.717, 1.165) is 44.0 Å². The second kappa shape index (κ2) is 9.47. The lowest BCUT2D eigenvalue weighted by Crippen LogP contribution is -2.06. The SMILES string of the molecule is Clc1ccc(CSc2nnc(COc3cccc4ccccc34)n2-c2ccccc2)cc1. The quantitative estimate of drug-likeness (QED) is 0.248. The minimum Gasteiger partial charge on any atom is -0.485 e. The van der Waals surface area contributed by atoms with Crippen LogP contribution in [-0.2, 0) is 12.4 Å². The van der Waals surface area contributed by atoms with Gasteiger partial charge >= 0.3 is 0 Å². The van der Waals surface area contributed by atoms with Crippen molar-refractivity contribution in [3.8, 4) is 11.4 Å². The van der Waals surface area contributed by atoms with Gasteiger partial charge in [-0.3, -0.25) is 4.57 Å². The Kier molecular flexibility index (Phi) is 6.10. The number of ether oxygens (including phenoxy) is 1. The topological polar surface area (TPSA) is 39.9 Å². The van der Waals surface area contributed by atoms with Crippen LogP contribution < -0.4 is 4.74 Å². The molecular formula is C26H20ClN3OS. The minimum atomic E-state index is 0.317. The lowest BCUT2D eigenvalue weighted by molar-refractivity contribution is 0.296. The van der Waals surface area contributed by atoms with Crippen LogP contribution in [0.1, 0.15) is 11.4 Å². The number of hydrogen-bond acceptors (Lipinski definition) is 4. The van der Waals surface area contributed by atoms with Crippen LogP contribution in [0.25, 0.3) is 16.5 Å². The van der Waals surface area contributed by atoms with E-state index in [1.807, 2.05) is 66.7 Å². The van der Waals surface area contributed by atoms with Crippen molar-refractivity contribution in [2.45, 2.75) is 17.5 Å². The molecule has 32 heavy (non-hydrogen) atoms. The van der Waals surface area contributed by atoms with Crippen LogP contribution in [0.15, 0.2) is 102 Å². The van der Waals surface area contributed by atoms with Crippen molar-refractivity contribution in [2.24, 2.45) is 0 Å². The number of aromatic nitrogens is 3. The molecule has 6 heteroatoms. The third kappa shape index (κ3) is 4.49. The van der Waals surface area contributed by atoms with Crippen molar-refractivity contribution < 1.29 is 4.74 Å². The highest BCUT2D eigenvalue weighted by molar-refractivity contribution is 7.98. The van der Waals surface area contributed by atoms with Gasteiger partial charge in [0.05, 0.1) is 0 Å². The van der Waals surface area contributed by atoms with E-state index in [9.17, 15) is 0 Å². The average molecular weight is 458 g/mol. The van der Waals surface area contributed by atoms with Gasteiger partial charge in [0, 0.05) is 21.8 Å². The van der Waals surface area contributed by atoms with Crippen molar-refractivity contribution in [3.63, 3.8) is 0 Å². The molecule has 1 heterocycles. The summed E-state index contributed by atoms with van der Waals surface area (Å²) >= 11 is 7.65. The van der Waals surface area contributed by atoms with Crippen molar-refractivity contribution in [1.82, 2.24) is 14.8 Å². The average Bonchev–Trinajstić information content (AvgIpc) is 3.25. The molecule has 4 aromatic carbocycles. The van der Waals surface area contributed by atoms with E-state index in [0.29, 0.717) is 6.61 Å². The third-order valence-corrected chi connectivity index (χ3v) is 6.35. The highest BCUT2D eigenvalue weighted by atomic mass is 35.5. The van der Waals surface area contributed by atoms with Gasteiger partial charge in [0.15, 0.2) is 11.0 Å². The largest absolute Gasteiger partial charge is 0.485 e. The summed E-state index contributed by atoms with van der Waals surface area (Å²) in [5.41, 5.74) is 2.18. The van der Waals surface area contributed by atoms with Crippen molar-refractivity contribution in [3.05, 3.63) is 113 Å². The van der Waals surface area contributed by atoms with Gasteiger partial charge in [0.1, 0.15) is 12.4 Å². The predicted molar refractivity (Wildman–Crippen MR) is 131 cm³/mol. The normalized spacial score (nSPS) is 11.0. The van der Waals surface area contributed by atoms with Crippen molar-refractivity contribution in [1.29, 1.82) is 0 Å². The fourth-order valence-corrected chi connectivity index (χ4v) is 4.57. The van der Waals surface area contributed by atoms with E-state index >= 15 is 0 Å². The number of para-hydroxylation sites is 1. The summed E-state index contributed by atoms with van der Waals surface area (Å²) in [6.45, 7) is 0.317. The number of fused-ring (bicyclic) bond motifs is 1. The summed E-state index contributed by atoms with van der Waals surface area (Å²) in [6.07, 6.45) is 0. The van der Waals surface area contributed by atoms with Crippen molar-refractivity contribution in [2.75, 3.05) is 0 Å². The zero-order chi connectivity index (χ0) is 21.8. The number of thioether (sulfide) groups is 1. The number of hydrogen-bond donors (Lipinski definition) is 0. The monoisotopic (exact) mass is 457 g/mol. The Morgan fingerprint density at radius 3 is 2.38 bits per heavy atom. The van der Waals surface area contributed by atoms with E-state index in [2.05, 4.69) is 45.1 Å². The van der Waals surface area contributed by atoms with E-state index in [-0.39, 0.29) is 0 Å². The Morgan fingerprint density at radius 1 is 0.781 bits per heavy atom. The fraction of sp³-hybridized carbons (Fsp3) is 0.0769. The van der Waals surface area contributed by atoms with Gasteiger partial charge < -0.3 is 4.74 Å². The maximum absolute atomic E-state index is 6.21. The summed E-state index contributed by atoms with van der Waals surface area (Å²) in [6, 6.07) is 32.3. The van der Waals surface area contributed by atoms with Gasteiger partial charge in [-0.2, -0.15) is 0 Å². The highest BCUT2D eigenvalue weighted by Crippen LogP contribution is 2.28. The summed E-state index contributed by atoms with van der Waals surface area (Å²) < 4.78 is 8.27. The molecule has 0 spiro atoms. The summed E-state index contributed by atoms with van der Waals surface area (Å²) in [7, 11) is 0. The Balaban J connectivity index is 1.42. The molecule has 0 aliphatic carbocycles. The molecule has 0 aliphatic heterocycles. The first-order chi connectivity index (χ1) is 15.8. The summed E-state index contributed by atoms with van der Waals surface area (Å²) in [5.74, 6) is 2.36. The second-order valence-corrected chi connectivity index (χ2v) is 8.63. The van der Waals surface area contributed by atoms with Crippen LogP contribution in [0.3, 0.4) is 0 Å². The zero-order valence-corrected chi connectivity index (χ0v) is 18.8. The number of halogens is 1. The molecule has 4 nitrogen and oxygen atoms in total.